The molecule has 1 aromatic heterocycles. The third-order valence-electron chi connectivity index (χ3n) is 2.48. The molecule has 0 radical (unpaired) electrons. The molecule has 7 nitrogen and oxygen atoms in total. The fraction of sp³-hybridized carbons (Fsp3) is 0.0909. The van der Waals surface area contributed by atoms with Crippen LogP contribution in [-0.4, -0.2) is 17.0 Å². The normalized spacial score (nSPS) is 10.0. The van der Waals surface area contributed by atoms with E-state index in [1.807, 2.05) is 0 Å². The summed E-state index contributed by atoms with van der Waals surface area (Å²) in [6.45, 7) is 0. The number of aromatic nitrogens is 1. The zero-order chi connectivity index (χ0) is 13.3. The summed E-state index contributed by atoms with van der Waals surface area (Å²) in [6, 6.07) is 6.01. The number of pyridine rings is 1. The number of aromatic amines is 1. The summed E-state index contributed by atoms with van der Waals surface area (Å²) in [5, 5.41) is 19.8. The standard InChI is InChI=1S/C11H7N3O4/c1-18-6-2-3-7-9(4-6)13-11(14(16)17)8(5-12)10(7)15/h2-4H,1H3,(H,13,15). The van der Waals surface area contributed by atoms with Crippen molar-refractivity contribution in [2.75, 3.05) is 7.11 Å². The van der Waals surface area contributed by atoms with Gasteiger partial charge in [-0.1, -0.05) is 0 Å². The third kappa shape index (κ3) is 1.66. The first-order valence-corrected chi connectivity index (χ1v) is 4.87. The summed E-state index contributed by atoms with van der Waals surface area (Å²) in [7, 11) is 1.44. The van der Waals surface area contributed by atoms with Gasteiger partial charge >= 0.3 is 5.82 Å². The van der Waals surface area contributed by atoms with E-state index in [4.69, 9.17) is 10.00 Å². The van der Waals surface area contributed by atoms with E-state index < -0.39 is 21.7 Å². The van der Waals surface area contributed by atoms with Gasteiger partial charge in [-0.3, -0.25) is 4.79 Å². The van der Waals surface area contributed by atoms with Crippen LogP contribution in [0.4, 0.5) is 5.82 Å². The number of hydrogen-bond donors (Lipinski definition) is 1. The molecule has 0 unspecified atom stereocenters. The van der Waals surface area contributed by atoms with Crippen molar-refractivity contribution in [1.29, 1.82) is 5.26 Å². The molecule has 90 valence electrons. The monoisotopic (exact) mass is 245 g/mol. The molecule has 0 amide bonds. The van der Waals surface area contributed by atoms with E-state index in [2.05, 4.69) is 4.98 Å². The number of H-pyrrole nitrogens is 1. The second-order valence-corrected chi connectivity index (χ2v) is 3.46. The van der Waals surface area contributed by atoms with Crippen molar-refractivity contribution >= 4 is 16.7 Å². The van der Waals surface area contributed by atoms with Gasteiger partial charge < -0.3 is 14.9 Å². The average molecular weight is 245 g/mol. The largest absolute Gasteiger partial charge is 0.497 e. The first-order valence-electron chi connectivity index (χ1n) is 4.87. The van der Waals surface area contributed by atoms with Gasteiger partial charge in [-0.05, 0) is 17.1 Å². The van der Waals surface area contributed by atoms with Gasteiger partial charge in [-0.25, -0.2) is 4.98 Å². The number of hydrogen-bond acceptors (Lipinski definition) is 5. The average Bonchev–Trinajstić information content (AvgIpc) is 2.37. The van der Waals surface area contributed by atoms with Gasteiger partial charge in [0.15, 0.2) is 5.56 Å². The van der Waals surface area contributed by atoms with Crippen LogP contribution in [-0.2, 0) is 0 Å². The van der Waals surface area contributed by atoms with Crippen molar-refractivity contribution in [2.24, 2.45) is 0 Å². The number of rotatable bonds is 2. The fourth-order valence-electron chi connectivity index (χ4n) is 1.62. The van der Waals surface area contributed by atoms with Crippen molar-refractivity contribution in [3.8, 4) is 11.8 Å². The molecule has 0 bridgehead atoms. The Morgan fingerprint density at radius 1 is 1.50 bits per heavy atom. The molecule has 1 aromatic carbocycles. The number of fused-ring (bicyclic) bond motifs is 1. The Balaban J connectivity index is 2.92. The summed E-state index contributed by atoms with van der Waals surface area (Å²) in [4.78, 5) is 24.3. The Kier molecular flexibility index (Phi) is 2.69. The van der Waals surface area contributed by atoms with Crippen molar-refractivity contribution < 1.29 is 9.66 Å². The van der Waals surface area contributed by atoms with Crippen LogP contribution in [0.25, 0.3) is 10.9 Å². The van der Waals surface area contributed by atoms with Crippen LogP contribution in [0.1, 0.15) is 5.56 Å². The Morgan fingerprint density at radius 3 is 2.78 bits per heavy atom. The highest BCUT2D eigenvalue weighted by molar-refractivity contribution is 5.82. The van der Waals surface area contributed by atoms with Crippen LogP contribution >= 0.6 is 0 Å². The zero-order valence-electron chi connectivity index (χ0n) is 9.26. The van der Waals surface area contributed by atoms with Crippen molar-refractivity contribution in [1.82, 2.24) is 4.98 Å². The second kappa shape index (κ2) is 4.18. The fourth-order valence-corrected chi connectivity index (χ4v) is 1.62. The lowest BCUT2D eigenvalue weighted by molar-refractivity contribution is -0.389. The van der Waals surface area contributed by atoms with Gasteiger partial charge in [0.25, 0.3) is 0 Å². The summed E-state index contributed by atoms with van der Waals surface area (Å²) in [5.74, 6) is -0.152. The molecule has 0 aliphatic carbocycles. The first kappa shape index (κ1) is 11.6. The van der Waals surface area contributed by atoms with Crippen LogP contribution in [0.3, 0.4) is 0 Å². The molecular weight excluding hydrogens is 238 g/mol. The van der Waals surface area contributed by atoms with Gasteiger partial charge in [-0.2, -0.15) is 5.26 Å². The highest BCUT2D eigenvalue weighted by Gasteiger charge is 2.20. The number of nitrogens with zero attached hydrogens (tertiary/aromatic N) is 2. The highest BCUT2D eigenvalue weighted by Crippen LogP contribution is 2.21. The number of nitro groups is 1. The molecule has 1 heterocycles. The minimum Gasteiger partial charge on any atom is -0.497 e. The molecule has 0 aliphatic rings. The summed E-state index contributed by atoms with van der Waals surface area (Å²) < 4.78 is 4.96. The van der Waals surface area contributed by atoms with E-state index in [9.17, 15) is 14.9 Å². The number of methoxy groups -OCH3 is 1. The van der Waals surface area contributed by atoms with Gasteiger partial charge in [0.1, 0.15) is 17.3 Å². The van der Waals surface area contributed by atoms with Crippen LogP contribution in [0.2, 0.25) is 0 Å². The van der Waals surface area contributed by atoms with E-state index in [-0.39, 0.29) is 10.9 Å². The van der Waals surface area contributed by atoms with Crippen LogP contribution in [0, 0.1) is 21.4 Å². The minimum absolute atomic E-state index is 0.206. The predicted molar refractivity (Wildman–Crippen MR) is 62.5 cm³/mol. The SMILES string of the molecule is COc1ccc2c(=O)c(C#N)c([N+](=O)[O-])[nH]c2c1. The summed E-state index contributed by atoms with van der Waals surface area (Å²) in [6.07, 6.45) is 0. The number of benzene rings is 1. The smallest absolute Gasteiger partial charge is 0.343 e. The Morgan fingerprint density at radius 2 is 2.22 bits per heavy atom. The molecule has 1 N–H and O–H groups in total. The second-order valence-electron chi connectivity index (χ2n) is 3.46. The summed E-state index contributed by atoms with van der Waals surface area (Å²) >= 11 is 0. The first-order chi connectivity index (χ1) is 8.58. The highest BCUT2D eigenvalue weighted by atomic mass is 16.6. The molecule has 18 heavy (non-hydrogen) atoms. The lowest BCUT2D eigenvalue weighted by Crippen LogP contribution is -2.11. The van der Waals surface area contributed by atoms with E-state index in [0.717, 1.165) is 0 Å². The van der Waals surface area contributed by atoms with Crippen molar-refractivity contribution in [2.45, 2.75) is 0 Å². The maximum absolute atomic E-state index is 11.9. The number of ether oxygens (including phenoxy) is 1. The molecule has 0 atom stereocenters. The van der Waals surface area contributed by atoms with Crippen LogP contribution in [0.15, 0.2) is 23.0 Å². The van der Waals surface area contributed by atoms with Gasteiger partial charge in [0.05, 0.1) is 12.5 Å². The predicted octanol–water partition coefficient (Wildman–Crippen LogP) is 1.32. The van der Waals surface area contributed by atoms with Crippen LogP contribution < -0.4 is 10.2 Å². The molecule has 0 fully saturated rings. The van der Waals surface area contributed by atoms with Gasteiger partial charge in [0.2, 0.25) is 5.43 Å². The lowest BCUT2D eigenvalue weighted by Gasteiger charge is -2.02. The van der Waals surface area contributed by atoms with Gasteiger partial charge in [0, 0.05) is 6.07 Å². The number of nitrogens with one attached hydrogen (secondary N) is 1. The lowest BCUT2D eigenvalue weighted by atomic mass is 10.1. The quantitative estimate of drug-likeness (QED) is 0.633. The molecule has 0 saturated carbocycles. The van der Waals surface area contributed by atoms with E-state index in [1.165, 1.54) is 19.2 Å². The summed E-state index contributed by atoms with van der Waals surface area (Å²) in [5.41, 5.74) is -0.914. The maximum Gasteiger partial charge on any atom is 0.343 e. The van der Waals surface area contributed by atoms with Crippen molar-refractivity contribution in [3.63, 3.8) is 0 Å². The zero-order valence-corrected chi connectivity index (χ0v) is 9.26. The van der Waals surface area contributed by atoms with Crippen molar-refractivity contribution in [3.05, 3.63) is 44.1 Å². The maximum atomic E-state index is 11.9. The topological polar surface area (TPSA) is 109 Å². The van der Waals surface area contributed by atoms with E-state index in [1.54, 1.807) is 12.1 Å². The molecule has 2 aromatic rings. The molecule has 0 spiro atoms. The number of nitriles is 1. The van der Waals surface area contributed by atoms with Crippen LogP contribution in [0.5, 0.6) is 5.75 Å². The third-order valence-corrected chi connectivity index (χ3v) is 2.48. The molecule has 0 saturated heterocycles. The van der Waals surface area contributed by atoms with Gasteiger partial charge in [-0.15, -0.1) is 0 Å². The minimum atomic E-state index is -0.793. The molecular formula is C11H7N3O4. The Hall–Kier alpha value is -2.88. The molecule has 2 rings (SSSR count). The molecule has 0 aliphatic heterocycles. The van der Waals surface area contributed by atoms with E-state index >= 15 is 0 Å². The Labute approximate surface area is 100 Å². The van der Waals surface area contributed by atoms with E-state index in [0.29, 0.717) is 5.75 Å². The molecule has 7 heteroatoms. The Bertz CT molecular complexity index is 742.